The summed E-state index contributed by atoms with van der Waals surface area (Å²) in [4.78, 5) is 0. The highest BCUT2D eigenvalue weighted by atomic mass is 19.4. The number of halogens is 3. The average Bonchev–Trinajstić information content (AvgIpc) is 2.39. The standard InChI is InChI=1S/C16H12F3NO/c1-10-7-12(9-20)3-5-14(10)13-4-6-15(11(2)8-13)21-16(17,18)19/h3-8H,1-2H3. The normalized spacial score (nSPS) is 11.0. The third kappa shape index (κ3) is 3.54. The monoisotopic (exact) mass is 291 g/mol. The lowest BCUT2D eigenvalue weighted by Crippen LogP contribution is -2.17. The minimum Gasteiger partial charge on any atom is -0.406 e. The number of nitriles is 1. The highest BCUT2D eigenvalue weighted by Crippen LogP contribution is 2.31. The summed E-state index contributed by atoms with van der Waals surface area (Å²) in [5.74, 6) is -0.211. The number of nitrogens with zero attached hydrogens (tertiary/aromatic N) is 1. The van der Waals surface area contributed by atoms with Gasteiger partial charge in [-0.05, 0) is 60.4 Å². The van der Waals surface area contributed by atoms with Gasteiger partial charge in [-0.15, -0.1) is 13.2 Å². The molecule has 21 heavy (non-hydrogen) atoms. The molecule has 0 fully saturated rings. The van der Waals surface area contributed by atoms with E-state index in [1.54, 1.807) is 37.3 Å². The van der Waals surface area contributed by atoms with Crippen LogP contribution in [-0.4, -0.2) is 6.36 Å². The Bertz CT molecular complexity index is 714. The SMILES string of the molecule is Cc1cc(-c2ccc(C#N)cc2C)ccc1OC(F)(F)F. The molecule has 5 heteroatoms. The molecule has 0 unspecified atom stereocenters. The number of alkyl halides is 3. The van der Waals surface area contributed by atoms with Gasteiger partial charge in [0.15, 0.2) is 0 Å². The van der Waals surface area contributed by atoms with Crippen molar-refractivity contribution >= 4 is 0 Å². The second-order valence-electron chi connectivity index (χ2n) is 4.67. The van der Waals surface area contributed by atoms with Gasteiger partial charge in [0.05, 0.1) is 11.6 Å². The Morgan fingerprint density at radius 3 is 2.24 bits per heavy atom. The van der Waals surface area contributed by atoms with Crippen LogP contribution in [-0.2, 0) is 0 Å². The van der Waals surface area contributed by atoms with Crippen LogP contribution in [0, 0.1) is 25.2 Å². The molecule has 108 valence electrons. The van der Waals surface area contributed by atoms with Gasteiger partial charge in [-0.25, -0.2) is 0 Å². The first-order valence-electron chi connectivity index (χ1n) is 6.17. The molecule has 0 aliphatic heterocycles. The van der Waals surface area contributed by atoms with Gasteiger partial charge in [-0.3, -0.25) is 0 Å². The van der Waals surface area contributed by atoms with E-state index in [-0.39, 0.29) is 5.75 Å². The number of hydrogen-bond donors (Lipinski definition) is 0. The lowest BCUT2D eigenvalue weighted by Gasteiger charge is -2.13. The van der Waals surface area contributed by atoms with E-state index in [1.165, 1.54) is 6.07 Å². The molecule has 0 aliphatic rings. The Morgan fingerprint density at radius 1 is 1.00 bits per heavy atom. The van der Waals surface area contributed by atoms with Gasteiger partial charge < -0.3 is 4.74 Å². The lowest BCUT2D eigenvalue weighted by atomic mass is 9.97. The lowest BCUT2D eigenvalue weighted by molar-refractivity contribution is -0.274. The molecule has 0 amide bonds. The highest BCUT2D eigenvalue weighted by Gasteiger charge is 2.31. The van der Waals surface area contributed by atoms with Crippen LogP contribution in [0.2, 0.25) is 0 Å². The van der Waals surface area contributed by atoms with Crippen molar-refractivity contribution in [1.29, 1.82) is 5.26 Å². The van der Waals surface area contributed by atoms with E-state index in [4.69, 9.17) is 5.26 Å². The Labute approximate surface area is 120 Å². The number of aryl methyl sites for hydroxylation is 2. The van der Waals surface area contributed by atoms with Crippen molar-refractivity contribution in [2.45, 2.75) is 20.2 Å². The Hall–Kier alpha value is -2.48. The van der Waals surface area contributed by atoms with Crippen molar-refractivity contribution < 1.29 is 17.9 Å². The van der Waals surface area contributed by atoms with E-state index >= 15 is 0 Å². The quantitative estimate of drug-likeness (QED) is 0.800. The van der Waals surface area contributed by atoms with Crippen molar-refractivity contribution in [3.63, 3.8) is 0 Å². The van der Waals surface area contributed by atoms with E-state index in [2.05, 4.69) is 4.74 Å². The topological polar surface area (TPSA) is 33.0 Å². The van der Waals surface area contributed by atoms with Crippen LogP contribution < -0.4 is 4.74 Å². The fourth-order valence-corrected chi connectivity index (χ4v) is 2.11. The minimum absolute atomic E-state index is 0.211. The summed E-state index contributed by atoms with van der Waals surface area (Å²) in [6, 6.07) is 11.8. The summed E-state index contributed by atoms with van der Waals surface area (Å²) in [6.07, 6.45) is -4.70. The van der Waals surface area contributed by atoms with E-state index in [1.807, 2.05) is 13.0 Å². The van der Waals surface area contributed by atoms with Crippen molar-refractivity contribution in [2.75, 3.05) is 0 Å². The van der Waals surface area contributed by atoms with Crippen LogP contribution in [0.1, 0.15) is 16.7 Å². The Kier molecular flexibility index (Phi) is 3.90. The molecule has 0 saturated carbocycles. The van der Waals surface area contributed by atoms with Crippen molar-refractivity contribution in [1.82, 2.24) is 0 Å². The van der Waals surface area contributed by atoms with E-state index in [0.717, 1.165) is 16.7 Å². The summed E-state index contributed by atoms with van der Waals surface area (Å²) in [7, 11) is 0. The van der Waals surface area contributed by atoms with Crippen LogP contribution >= 0.6 is 0 Å². The van der Waals surface area contributed by atoms with Gasteiger partial charge in [0.2, 0.25) is 0 Å². The average molecular weight is 291 g/mol. The first-order valence-corrected chi connectivity index (χ1v) is 6.17. The van der Waals surface area contributed by atoms with Gasteiger partial charge in [-0.1, -0.05) is 12.1 Å². The largest absolute Gasteiger partial charge is 0.573 e. The van der Waals surface area contributed by atoms with E-state index < -0.39 is 6.36 Å². The van der Waals surface area contributed by atoms with Crippen molar-refractivity contribution in [2.24, 2.45) is 0 Å². The summed E-state index contributed by atoms with van der Waals surface area (Å²) >= 11 is 0. The Morgan fingerprint density at radius 2 is 1.71 bits per heavy atom. The molecule has 0 aromatic heterocycles. The second-order valence-corrected chi connectivity index (χ2v) is 4.67. The third-order valence-corrected chi connectivity index (χ3v) is 3.07. The van der Waals surface area contributed by atoms with E-state index in [9.17, 15) is 13.2 Å². The number of rotatable bonds is 2. The maximum absolute atomic E-state index is 12.2. The maximum atomic E-state index is 12.2. The summed E-state index contributed by atoms with van der Waals surface area (Å²) in [5.41, 5.74) is 3.48. The Balaban J connectivity index is 2.39. The van der Waals surface area contributed by atoms with Crippen LogP contribution in [0.15, 0.2) is 36.4 Å². The zero-order valence-electron chi connectivity index (χ0n) is 11.5. The maximum Gasteiger partial charge on any atom is 0.573 e. The van der Waals surface area contributed by atoms with Crippen LogP contribution in [0.4, 0.5) is 13.2 Å². The zero-order chi connectivity index (χ0) is 15.6. The number of hydrogen-bond acceptors (Lipinski definition) is 2. The molecular formula is C16H12F3NO. The molecule has 0 aliphatic carbocycles. The molecule has 0 spiro atoms. The molecular weight excluding hydrogens is 279 g/mol. The first-order chi connectivity index (χ1) is 9.80. The van der Waals surface area contributed by atoms with Crippen LogP contribution in [0.5, 0.6) is 5.75 Å². The minimum atomic E-state index is -4.70. The summed E-state index contributed by atoms with van der Waals surface area (Å²) in [5, 5.41) is 8.84. The summed E-state index contributed by atoms with van der Waals surface area (Å²) in [6.45, 7) is 3.41. The molecule has 0 radical (unpaired) electrons. The van der Waals surface area contributed by atoms with Crippen LogP contribution in [0.25, 0.3) is 11.1 Å². The van der Waals surface area contributed by atoms with Crippen LogP contribution in [0.3, 0.4) is 0 Å². The highest BCUT2D eigenvalue weighted by molar-refractivity contribution is 5.69. The fourth-order valence-electron chi connectivity index (χ4n) is 2.11. The molecule has 0 bridgehead atoms. The van der Waals surface area contributed by atoms with E-state index in [0.29, 0.717) is 11.1 Å². The smallest absolute Gasteiger partial charge is 0.406 e. The van der Waals surface area contributed by atoms with Gasteiger partial charge in [0.1, 0.15) is 5.75 Å². The first kappa shape index (κ1) is 14.9. The van der Waals surface area contributed by atoms with Crippen molar-refractivity contribution in [3.05, 3.63) is 53.1 Å². The molecule has 0 saturated heterocycles. The predicted octanol–water partition coefficient (Wildman–Crippen LogP) is 4.74. The van der Waals surface area contributed by atoms with Gasteiger partial charge in [0, 0.05) is 0 Å². The second kappa shape index (κ2) is 5.49. The van der Waals surface area contributed by atoms with Gasteiger partial charge in [0.25, 0.3) is 0 Å². The molecule has 2 rings (SSSR count). The zero-order valence-corrected chi connectivity index (χ0v) is 11.5. The molecule has 2 aromatic rings. The van der Waals surface area contributed by atoms with Gasteiger partial charge >= 0.3 is 6.36 Å². The third-order valence-electron chi connectivity index (χ3n) is 3.07. The molecule has 0 atom stereocenters. The predicted molar refractivity (Wildman–Crippen MR) is 72.8 cm³/mol. The molecule has 0 N–H and O–H groups in total. The number of benzene rings is 2. The molecule has 0 heterocycles. The summed E-state index contributed by atoms with van der Waals surface area (Å²) < 4.78 is 40.7. The number of ether oxygens (including phenoxy) is 1. The molecule has 2 nitrogen and oxygen atoms in total. The van der Waals surface area contributed by atoms with Gasteiger partial charge in [-0.2, -0.15) is 5.26 Å². The molecule has 2 aromatic carbocycles. The van der Waals surface area contributed by atoms with Crippen molar-refractivity contribution in [3.8, 4) is 22.9 Å². The fraction of sp³-hybridized carbons (Fsp3) is 0.188.